The number of amides is 1. The molecule has 1 heterocycles. The Morgan fingerprint density at radius 2 is 1.77 bits per heavy atom. The van der Waals surface area contributed by atoms with Crippen LogP contribution in [-0.2, 0) is 10.0 Å². The summed E-state index contributed by atoms with van der Waals surface area (Å²) in [4.78, 5) is 16.9. The third-order valence-electron chi connectivity index (χ3n) is 3.85. The number of rotatable bonds is 6. The minimum atomic E-state index is -3.54. The summed E-state index contributed by atoms with van der Waals surface area (Å²) in [5, 5.41) is 3.75. The van der Waals surface area contributed by atoms with E-state index in [0.717, 1.165) is 5.39 Å². The molecule has 0 radical (unpaired) electrons. The van der Waals surface area contributed by atoms with E-state index in [0.29, 0.717) is 29.7 Å². The maximum atomic E-state index is 12.5. The van der Waals surface area contributed by atoms with Crippen molar-refractivity contribution in [2.75, 3.05) is 11.9 Å². The van der Waals surface area contributed by atoms with E-state index in [4.69, 9.17) is 0 Å². The van der Waals surface area contributed by atoms with E-state index >= 15 is 0 Å². The largest absolute Gasteiger partial charge is 0.320 e. The lowest BCUT2D eigenvalue weighted by atomic mass is 10.1. The molecule has 0 bridgehead atoms. The number of nitrogens with one attached hydrogen (secondary N) is 2. The number of benzene rings is 2. The molecule has 1 amide bonds. The molecule has 0 atom stereocenters. The lowest BCUT2D eigenvalue weighted by molar-refractivity contribution is 0.102. The number of aromatic nitrogens is 1. The maximum absolute atomic E-state index is 12.5. The number of anilines is 1. The molecule has 0 aliphatic rings. The van der Waals surface area contributed by atoms with Crippen LogP contribution >= 0.6 is 0 Å². The maximum Gasteiger partial charge on any atom is 0.255 e. The number of carbonyl (C=O) groups excluding carboxylic acids is 1. The van der Waals surface area contributed by atoms with Crippen molar-refractivity contribution in [3.8, 4) is 0 Å². The first-order chi connectivity index (χ1) is 12.5. The van der Waals surface area contributed by atoms with Gasteiger partial charge in [0.05, 0.1) is 16.1 Å². The van der Waals surface area contributed by atoms with Gasteiger partial charge in [0.25, 0.3) is 5.91 Å². The highest BCUT2D eigenvalue weighted by Crippen LogP contribution is 2.21. The van der Waals surface area contributed by atoms with E-state index in [9.17, 15) is 13.2 Å². The molecule has 0 aliphatic carbocycles. The van der Waals surface area contributed by atoms with E-state index in [1.165, 1.54) is 24.3 Å². The van der Waals surface area contributed by atoms with Crippen LogP contribution in [0.1, 0.15) is 23.7 Å². The van der Waals surface area contributed by atoms with E-state index < -0.39 is 10.0 Å². The summed E-state index contributed by atoms with van der Waals surface area (Å²) in [5.41, 5.74) is 1.67. The Hall–Kier alpha value is -2.77. The molecule has 7 heteroatoms. The molecule has 0 unspecified atom stereocenters. The Kier molecular flexibility index (Phi) is 5.29. The second-order valence-electron chi connectivity index (χ2n) is 5.76. The Bertz CT molecular complexity index is 1030. The van der Waals surface area contributed by atoms with E-state index in [-0.39, 0.29) is 10.8 Å². The first kappa shape index (κ1) is 18.0. The van der Waals surface area contributed by atoms with E-state index in [2.05, 4.69) is 15.0 Å². The molecule has 3 rings (SSSR count). The minimum absolute atomic E-state index is 0.134. The fourth-order valence-corrected chi connectivity index (χ4v) is 3.64. The SMILES string of the molecule is CCCNS(=O)(=O)c1ccc(C(=O)Nc2cccc3cccnc23)cc1. The van der Waals surface area contributed by atoms with Gasteiger partial charge in [0.1, 0.15) is 0 Å². The molecule has 0 fully saturated rings. The molecule has 26 heavy (non-hydrogen) atoms. The van der Waals surface area contributed by atoms with Crippen LogP contribution < -0.4 is 10.0 Å². The normalized spacial score (nSPS) is 11.4. The average Bonchev–Trinajstić information content (AvgIpc) is 2.67. The number of hydrogen-bond acceptors (Lipinski definition) is 4. The van der Waals surface area contributed by atoms with Gasteiger partial charge >= 0.3 is 0 Å². The molecule has 0 saturated carbocycles. The molecule has 0 spiro atoms. The van der Waals surface area contributed by atoms with Crippen molar-refractivity contribution in [3.05, 3.63) is 66.4 Å². The predicted octanol–water partition coefficient (Wildman–Crippen LogP) is 3.18. The molecular formula is C19H19N3O3S. The van der Waals surface area contributed by atoms with Crippen molar-refractivity contribution >= 4 is 32.5 Å². The van der Waals surface area contributed by atoms with Gasteiger partial charge in [-0.15, -0.1) is 0 Å². The van der Waals surface area contributed by atoms with Crippen LogP contribution in [0.15, 0.2) is 65.7 Å². The van der Waals surface area contributed by atoms with Crippen molar-refractivity contribution in [3.63, 3.8) is 0 Å². The Morgan fingerprint density at radius 1 is 1.04 bits per heavy atom. The lowest BCUT2D eigenvalue weighted by Crippen LogP contribution is -2.24. The van der Waals surface area contributed by atoms with Gasteiger partial charge in [0, 0.05) is 23.7 Å². The molecular weight excluding hydrogens is 350 g/mol. The van der Waals surface area contributed by atoms with E-state index in [1.807, 2.05) is 31.2 Å². The van der Waals surface area contributed by atoms with Crippen molar-refractivity contribution in [1.29, 1.82) is 0 Å². The summed E-state index contributed by atoms with van der Waals surface area (Å²) in [6.45, 7) is 2.26. The summed E-state index contributed by atoms with van der Waals surface area (Å²) in [6.07, 6.45) is 2.37. The lowest BCUT2D eigenvalue weighted by Gasteiger charge is -2.09. The summed E-state index contributed by atoms with van der Waals surface area (Å²) in [5.74, 6) is -0.325. The van der Waals surface area contributed by atoms with Gasteiger partial charge in [-0.1, -0.05) is 25.1 Å². The van der Waals surface area contributed by atoms with Crippen LogP contribution in [0.2, 0.25) is 0 Å². The smallest absolute Gasteiger partial charge is 0.255 e. The highest BCUT2D eigenvalue weighted by molar-refractivity contribution is 7.89. The minimum Gasteiger partial charge on any atom is -0.320 e. The van der Waals surface area contributed by atoms with Crippen LogP contribution in [0, 0.1) is 0 Å². The van der Waals surface area contributed by atoms with Crippen molar-refractivity contribution in [2.24, 2.45) is 0 Å². The zero-order valence-corrected chi connectivity index (χ0v) is 15.1. The number of nitrogens with zero attached hydrogens (tertiary/aromatic N) is 1. The van der Waals surface area contributed by atoms with Gasteiger partial charge in [0.2, 0.25) is 10.0 Å². The van der Waals surface area contributed by atoms with Crippen LogP contribution in [0.5, 0.6) is 0 Å². The van der Waals surface area contributed by atoms with Gasteiger partial charge in [0.15, 0.2) is 0 Å². The Labute approximate surface area is 152 Å². The predicted molar refractivity (Wildman–Crippen MR) is 102 cm³/mol. The molecule has 0 saturated heterocycles. The topological polar surface area (TPSA) is 88.2 Å². The van der Waals surface area contributed by atoms with Gasteiger partial charge in [-0.05, 0) is 42.8 Å². The van der Waals surface area contributed by atoms with Crippen molar-refractivity contribution < 1.29 is 13.2 Å². The monoisotopic (exact) mass is 369 g/mol. The van der Waals surface area contributed by atoms with Crippen LogP contribution in [0.25, 0.3) is 10.9 Å². The summed E-state index contributed by atoms with van der Waals surface area (Å²) in [6, 6.07) is 15.1. The zero-order chi connectivity index (χ0) is 18.6. The summed E-state index contributed by atoms with van der Waals surface area (Å²) in [7, 11) is -3.54. The highest BCUT2D eigenvalue weighted by Gasteiger charge is 2.14. The van der Waals surface area contributed by atoms with Gasteiger partial charge in [-0.3, -0.25) is 9.78 Å². The van der Waals surface area contributed by atoms with Crippen LogP contribution in [-0.4, -0.2) is 25.9 Å². The third-order valence-corrected chi connectivity index (χ3v) is 5.33. The number of pyridine rings is 1. The number of fused-ring (bicyclic) bond motifs is 1. The fraction of sp³-hybridized carbons (Fsp3) is 0.158. The number of hydrogen-bond donors (Lipinski definition) is 2. The first-order valence-corrected chi connectivity index (χ1v) is 9.74. The second-order valence-corrected chi connectivity index (χ2v) is 7.52. The standard InChI is InChI=1S/C19H19N3O3S/c1-2-12-21-26(24,25)16-10-8-15(9-11-16)19(23)22-17-7-3-5-14-6-4-13-20-18(14)17/h3-11,13,21H,2,12H2,1H3,(H,22,23). The molecule has 0 aliphatic heterocycles. The van der Waals surface area contributed by atoms with Crippen LogP contribution in [0.3, 0.4) is 0 Å². The zero-order valence-electron chi connectivity index (χ0n) is 14.3. The summed E-state index contributed by atoms with van der Waals surface area (Å²) < 4.78 is 26.7. The molecule has 134 valence electrons. The molecule has 3 aromatic rings. The third kappa shape index (κ3) is 3.89. The summed E-state index contributed by atoms with van der Waals surface area (Å²) >= 11 is 0. The van der Waals surface area contributed by atoms with Crippen molar-refractivity contribution in [1.82, 2.24) is 9.71 Å². The second kappa shape index (κ2) is 7.63. The van der Waals surface area contributed by atoms with Crippen LogP contribution in [0.4, 0.5) is 5.69 Å². The van der Waals surface area contributed by atoms with Crippen molar-refractivity contribution in [2.45, 2.75) is 18.2 Å². The highest BCUT2D eigenvalue weighted by atomic mass is 32.2. The van der Waals surface area contributed by atoms with Gasteiger partial charge in [-0.2, -0.15) is 0 Å². The number of carbonyl (C=O) groups is 1. The first-order valence-electron chi connectivity index (χ1n) is 8.26. The number of sulfonamides is 1. The van der Waals surface area contributed by atoms with Gasteiger partial charge in [-0.25, -0.2) is 13.1 Å². The molecule has 2 aromatic carbocycles. The fourth-order valence-electron chi connectivity index (χ4n) is 2.50. The van der Waals surface area contributed by atoms with E-state index in [1.54, 1.807) is 12.3 Å². The molecule has 6 nitrogen and oxygen atoms in total. The molecule has 1 aromatic heterocycles. The molecule has 2 N–H and O–H groups in total. The quantitative estimate of drug-likeness (QED) is 0.698. The number of para-hydroxylation sites is 1. The Balaban J connectivity index is 1.80. The average molecular weight is 369 g/mol. The van der Waals surface area contributed by atoms with Gasteiger partial charge < -0.3 is 5.32 Å². The Morgan fingerprint density at radius 3 is 2.50 bits per heavy atom.